The van der Waals surface area contributed by atoms with Crippen molar-refractivity contribution in [2.45, 2.75) is 57.0 Å². The van der Waals surface area contributed by atoms with Crippen LogP contribution in [-0.2, 0) is 11.0 Å². The predicted octanol–water partition coefficient (Wildman–Crippen LogP) is 2.65. The lowest BCUT2D eigenvalue weighted by Gasteiger charge is -2.26. The SMILES string of the molecule is CC(C)(C)c1ccc(C2(N)CCC(N)C2)cc1. The van der Waals surface area contributed by atoms with E-state index in [-0.39, 0.29) is 17.0 Å². The van der Waals surface area contributed by atoms with Gasteiger partial charge in [-0.3, -0.25) is 0 Å². The van der Waals surface area contributed by atoms with Crippen molar-refractivity contribution in [3.8, 4) is 0 Å². The van der Waals surface area contributed by atoms with E-state index < -0.39 is 0 Å². The largest absolute Gasteiger partial charge is 0.328 e. The highest BCUT2D eigenvalue weighted by molar-refractivity contribution is 5.32. The summed E-state index contributed by atoms with van der Waals surface area (Å²) in [5, 5.41) is 0. The highest BCUT2D eigenvalue weighted by Gasteiger charge is 2.35. The quantitative estimate of drug-likeness (QED) is 0.782. The first-order valence-corrected chi connectivity index (χ1v) is 6.47. The molecule has 1 aromatic carbocycles. The van der Waals surface area contributed by atoms with Crippen molar-refractivity contribution < 1.29 is 0 Å². The molecule has 0 heterocycles. The number of benzene rings is 1. The second kappa shape index (κ2) is 4.11. The highest BCUT2D eigenvalue weighted by atomic mass is 14.8. The Morgan fingerprint density at radius 3 is 2.18 bits per heavy atom. The predicted molar refractivity (Wildman–Crippen MR) is 72.8 cm³/mol. The molecule has 2 unspecified atom stereocenters. The summed E-state index contributed by atoms with van der Waals surface area (Å²) >= 11 is 0. The first-order valence-electron chi connectivity index (χ1n) is 6.47. The van der Waals surface area contributed by atoms with Crippen LogP contribution in [0.25, 0.3) is 0 Å². The van der Waals surface area contributed by atoms with Crippen molar-refractivity contribution in [2.75, 3.05) is 0 Å². The molecule has 1 saturated carbocycles. The van der Waals surface area contributed by atoms with E-state index in [4.69, 9.17) is 11.5 Å². The maximum Gasteiger partial charge on any atom is 0.0425 e. The van der Waals surface area contributed by atoms with Crippen molar-refractivity contribution in [1.29, 1.82) is 0 Å². The van der Waals surface area contributed by atoms with Gasteiger partial charge in [-0.15, -0.1) is 0 Å². The summed E-state index contributed by atoms with van der Waals surface area (Å²) in [7, 11) is 0. The molecular formula is C15H24N2. The molecule has 1 fully saturated rings. The van der Waals surface area contributed by atoms with Gasteiger partial charge in [-0.2, -0.15) is 0 Å². The van der Waals surface area contributed by atoms with E-state index in [1.165, 1.54) is 11.1 Å². The number of rotatable bonds is 1. The van der Waals surface area contributed by atoms with Crippen molar-refractivity contribution in [2.24, 2.45) is 11.5 Å². The van der Waals surface area contributed by atoms with Gasteiger partial charge >= 0.3 is 0 Å². The fourth-order valence-corrected chi connectivity index (χ4v) is 2.68. The van der Waals surface area contributed by atoms with Gasteiger partial charge in [0.2, 0.25) is 0 Å². The molecule has 2 rings (SSSR count). The zero-order valence-corrected chi connectivity index (χ0v) is 11.2. The van der Waals surface area contributed by atoms with Gasteiger partial charge < -0.3 is 11.5 Å². The Labute approximate surface area is 104 Å². The standard InChI is InChI=1S/C15H24N2/c1-14(2,3)11-4-6-12(7-5-11)15(17)9-8-13(16)10-15/h4-7,13H,8-10,16-17H2,1-3H3. The first-order chi connectivity index (χ1) is 7.81. The molecule has 0 saturated heterocycles. The molecule has 2 atom stereocenters. The van der Waals surface area contributed by atoms with E-state index in [2.05, 4.69) is 45.0 Å². The van der Waals surface area contributed by atoms with Gasteiger partial charge in [0.05, 0.1) is 0 Å². The topological polar surface area (TPSA) is 52.0 Å². The molecule has 0 amide bonds. The van der Waals surface area contributed by atoms with Crippen LogP contribution in [0.1, 0.15) is 51.2 Å². The summed E-state index contributed by atoms with van der Waals surface area (Å²) in [5.74, 6) is 0. The lowest BCUT2D eigenvalue weighted by atomic mass is 9.83. The van der Waals surface area contributed by atoms with Crippen LogP contribution in [-0.4, -0.2) is 6.04 Å². The van der Waals surface area contributed by atoms with E-state index in [0.29, 0.717) is 0 Å². The minimum absolute atomic E-state index is 0.199. The van der Waals surface area contributed by atoms with Gasteiger partial charge in [-0.1, -0.05) is 45.0 Å². The minimum Gasteiger partial charge on any atom is -0.328 e. The molecule has 1 aliphatic rings. The Hall–Kier alpha value is -0.860. The Morgan fingerprint density at radius 2 is 1.76 bits per heavy atom. The van der Waals surface area contributed by atoms with E-state index in [1.54, 1.807) is 0 Å². The second-order valence-electron chi connectivity index (χ2n) is 6.49. The zero-order valence-electron chi connectivity index (χ0n) is 11.2. The van der Waals surface area contributed by atoms with Gasteiger partial charge in [0, 0.05) is 11.6 Å². The zero-order chi connectivity index (χ0) is 12.7. The minimum atomic E-state index is -0.199. The van der Waals surface area contributed by atoms with Gasteiger partial charge in [0.15, 0.2) is 0 Å². The van der Waals surface area contributed by atoms with Crippen LogP contribution in [0.15, 0.2) is 24.3 Å². The van der Waals surface area contributed by atoms with Crippen molar-refractivity contribution in [1.82, 2.24) is 0 Å². The number of nitrogens with two attached hydrogens (primary N) is 2. The van der Waals surface area contributed by atoms with E-state index in [9.17, 15) is 0 Å². The van der Waals surface area contributed by atoms with Crippen LogP contribution in [0, 0.1) is 0 Å². The Kier molecular flexibility index (Phi) is 3.04. The fraction of sp³-hybridized carbons (Fsp3) is 0.600. The second-order valence-corrected chi connectivity index (χ2v) is 6.49. The third-order valence-corrected chi connectivity index (χ3v) is 3.91. The summed E-state index contributed by atoms with van der Waals surface area (Å²) < 4.78 is 0. The van der Waals surface area contributed by atoms with Crippen molar-refractivity contribution in [3.63, 3.8) is 0 Å². The van der Waals surface area contributed by atoms with Gasteiger partial charge in [0.1, 0.15) is 0 Å². The molecule has 17 heavy (non-hydrogen) atoms. The number of hydrogen-bond donors (Lipinski definition) is 2. The van der Waals surface area contributed by atoms with Crippen LogP contribution in [0.4, 0.5) is 0 Å². The summed E-state index contributed by atoms with van der Waals surface area (Å²) in [6.45, 7) is 6.68. The third-order valence-electron chi connectivity index (χ3n) is 3.91. The molecule has 94 valence electrons. The third kappa shape index (κ3) is 2.53. The molecule has 0 aliphatic heterocycles. The molecule has 2 nitrogen and oxygen atoms in total. The molecule has 0 bridgehead atoms. The van der Waals surface area contributed by atoms with Crippen molar-refractivity contribution >= 4 is 0 Å². The fourth-order valence-electron chi connectivity index (χ4n) is 2.68. The Bertz CT molecular complexity index is 388. The van der Waals surface area contributed by atoms with Crippen LogP contribution in [0.5, 0.6) is 0 Å². The molecule has 4 N–H and O–H groups in total. The maximum atomic E-state index is 6.45. The molecule has 0 radical (unpaired) electrons. The molecule has 1 aromatic rings. The molecule has 0 aromatic heterocycles. The van der Waals surface area contributed by atoms with E-state index in [0.717, 1.165) is 19.3 Å². The van der Waals surface area contributed by atoms with Crippen LogP contribution < -0.4 is 11.5 Å². The Morgan fingerprint density at radius 1 is 1.18 bits per heavy atom. The summed E-state index contributed by atoms with van der Waals surface area (Å²) in [6, 6.07) is 9.03. The smallest absolute Gasteiger partial charge is 0.0425 e. The summed E-state index contributed by atoms with van der Waals surface area (Å²) in [4.78, 5) is 0. The molecule has 1 aliphatic carbocycles. The monoisotopic (exact) mass is 232 g/mol. The van der Waals surface area contributed by atoms with Crippen LogP contribution in [0.3, 0.4) is 0 Å². The average Bonchev–Trinajstić information content (AvgIpc) is 2.59. The van der Waals surface area contributed by atoms with Crippen LogP contribution in [0.2, 0.25) is 0 Å². The normalized spacial score (nSPS) is 29.6. The molecular weight excluding hydrogens is 208 g/mol. The lowest BCUT2D eigenvalue weighted by molar-refractivity contribution is 0.453. The van der Waals surface area contributed by atoms with E-state index in [1.807, 2.05) is 0 Å². The van der Waals surface area contributed by atoms with Gasteiger partial charge in [-0.25, -0.2) is 0 Å². The average molecular weight is 232 g/mol. The van der Waals surface area contributed by atoms with Gasteiger partial charge in [0.25, 0.3) is 0 Å². The van der Waals surface area contributed by atoms with E-state index >= 15 is 0 Å². The lowest BCUT2D eigenvalue weighted by Crippen LogP contribution is -2.35. The van der Waals surface area contributed by atoms with Gasteiger partial charge in [-0.05, 0) is 35.8 Å². The number of hydrogen-bond acceptors (Lipinski definition) is 2. The molecule has 0 spiro atoms. The summed E-state index contributed by atoms with van der Waals surface area (Å²) in [6.07, 6.45) is 2.95. The molecule has 2 heteroatoms. The highest BCUT2D eigenvalue weighted by Crippen LogP contribution is 2.36. The maximum absolute atomic E-state index is 6.45. The van der Waals surface area contributed by atoms with Crippen LogP contribution >= 0.6 is 0 Å². The Balaban J connectivity index is 2.24. The first kappa shape index (κ1) is 12.6. The van der Waals surface area contributed by atoms with Crippen molar-refractivity contribution in [3.05, 3.63) is 35.4 Å². The summed E-state index contributed by atoms with van der Waals surface area (Å²) in [5.41, 5.74) is 15.0.